The number of hydrogen-bond acceptors (Lipinski definition) is 2. The van der Waals surface area contributed by atoms with E-state index in [1.165, 1.54) is 11.3 Å². The molecular formula is C9H7NS. The molecule has 11 heavy (non-hydrogen) atoms. The van der Waals surface area contributed by atoms with Crippen LogP contribution in [0, 0.1) is 0 Å². The van der Waals surface area contributed by atoms with Gasteiger partial charge in [0, 0.05) is 17.1 Å². The Labute approximate surface area is 70.8 Å². The predicted molar refractivity (Wildman–Crippen MR) is 47.6 cm³/mol. The molecule has 1 heterocycles. The van der Waals surface area contributed by atoms with Crippen LogP contribution in [0.2, 0.25) is 0 Å². The van der Waals surface area contributed by atoms with Crippen molar-refractivity contribution in [2.75, 3.05) is 0 Å². The van der Waals surface area contributed by atoms with Crippen LogP contribution in [-0.4, -0.2) is 4.98 Å². The third-order valence-electron chi connectivity index (χ3n) is 1.41. The van der Waals surface area contributed by atoms with Crippen LogP contribution in [0.5, 0.6) is 0 Å². The topological polar surface area (TPSA) is 12.9 Å². The fourth-order valence-corrected chi connectivity index (χ4v) is 1.48. The minimum absolute atomic E-state index is 0.508. The second-order valence-corrected chi connectivity index (χ2v) is 2.98. The molecule has 0 saturated carbocycles. The highest BCUT2D eigenvalue weighted by molar-refractivity contribution is 7.13. The number of nitrogens with zero attached hydrogens (tertiary/aromatic N) is 1. The molecule has 0 N–H and O–H groups in total. The smallest absolute Gasteiger partial charge is 0.123 e. The Bertz CT molecular complexity index is 369. The highest BCUT2D eigenvalue weighted by Gasteiger charge is 1.95. The molecule has 2 heteroatoms. The van der Waals surface area contributed by atoms with Crippen molar-refractivity contribution in [2.45, 2.75) is 0 Å². The summed E-state index contributed by atoms with van der Waals surface area (Å²) in [5, 5.41) is 1.43. The Morgan fingerprint density at radius 1 is 1.27 bits per heavy atom. The summed E-state index contributed by atoms with van der Waals surface area (Å²) in [5.74, 6) is 0. The first-order chi connectivity index (χ1) is 5.86. The zero-order valence-corrected chi connectivity index (χ0v) is 6.64. The van der Waals surface area contributed by atoms with Gasteiger partial charge in [-0.05, 0) is 0 Å². The van der Waals surface area contributed by atoms with Gasteiger partial charge >= 0.3 is 0 Å². The predicted octanol–water partition coefficient (Wildman–Crippen LogP) is 2.81. The van der Waals surface area contributed by atoms with E-state index in [4.69, 9.17) is 1.37 Å². The van der Waals surface area contributed by atoms with Gasteiger partial charge in [-0.2, -0.15) is 0 Å². The van der Waals surface area contributed by atoms with E-state index < -0.39 is 0 Å². The van der Waals surface area contributed by atoms with Gasteiger partial charge in [0.25, 0.3) is 0 Å². The zero-order chi connectivity index (χ0) is 8.39. The van der Waals surface area contributed by atoms with E-state index in [1.807, 2.05) is 30.3 Å². The standard InChI is InChI=1S/C9H7NS/c1-2-4-8(5-3-1)9-10-6-7-11-9/h1-7H/i7D. The van der Waals surface area contributed by atoms with Crippen LogP contribution in [0.1, 0.15) is 1.37 Å². The lowest BCUT2D eigenvalue weighted by Crippen LogP contribution is -1.71. The first kappa shape index (κ1) is 5.49. The van der Waals surface area contributed by atoms with E-state index >= 15 is 0 Å². The lowest BCUT2D eigenvalue weighted by Gasteiger charge is -1.91. The normalized spacial score (nSPS) is 11.1. The number of benzene rings is 1. The molecule has 0 unspecified atom stereocenters. The van der Waals surface area contributed by atoms with Crippen LogP contribution in [-0.2, 0) is 0 Å². The molecule has 0 atom stereocenters. The summed E-state index contributed by atoms with van der Waals surface area (Å²) in [6.07, 6.45) is 1.58. The Hall–Kier alpha value is -1.15. The van der Waals surface area contributed by atoms with Crippen LogP contribution in [0.3, 0.4) is 0 Å². The molecule has 0 saturated heterocycles. The van der Waals surface area contributed by atoms with Crippen molar-refractivity contribution in [2.24, 2.45) is 0 Å². The van der Waals surface area contributed by atoms with Gasteiger partial charge in [0.15, 0.2) is 0 Å². The van der Waals surface area contributed by atoms with E-state index in [0.29, 0.717) is 5.36 Å². The van der Waals surface area contributed by atoms with Crippen LogP contribution in [0.4, 0.5) is 0 Å². The van der Waals surface area contributed by atoms with Gasteiger partial charge in [0.1, 0.15) is 5.01 Å². The van der Waals surface area contributed by atoms with Gasteiger partial charge in [-0.1, -0.05) is 30.3 Å². The maximum atomic E-state index is 7.32. The quantitative estimate of drug-likeness (QED) is 0.628. The molecule has 0 radical (unpaired) electrons. The minimum Gasteiger partial charge on any atom is -0.245 e. The fraction of sp³-hybridized carbons (Fsp3) is 0. The average molecular weight is 162 g/mol. The molecular weight excluding hydrogens is 154 g/mol. The molecule has 0 bridgehead atoms. The van der Waals surface area contributed by atoms with Crippen molar-refractivity contribution in [3.8, 4) is 10.6 Å². The molecule has 1 aromatic heterocycles. The fourth-order valence-electron chi connectivity index (χ4n) is 0.908. The van der Waals surface area contributed by atoms with Gasteiger partial charge in [0.2, 0.25) is 0 Å². The van der Waals surface area contributed by atoms with Crippen LogP contribution in [0.25, 0.3) is 10.6 Å². The lowest BCUT2D eigenvalue weighted by molar-refractivity contribution is 1.41. The average Bonchev–Trinajstić information content (AvgIpc) is 2.54. The van der Waals surface area contributed by atoms with Gasteiger partial charge in [-0.15, -0.1) is 11.3 Å². The number of hydrogen-bond donors (Lipinski definition) is 0. The van der Waals surface area contributed by atoms with Crippen molar-refractivity contribution in [1.82, 2.24) is 4.98 Å². The molecule has 1 aromatic carbocycles. The Kier molecular flexibility index (Phi) is 1.42. The van der Waals surface area contributed by atoms with Gasteiger partial charge in [0.05, 0.1) is 1.37 Å². The second kappa shape index (κ2) is 2.84. The van der Waals surface area contributed by atoms with E-state index in [2.05, 4.69) is 4.98 Å². The van der Waals surface area contributed by atoms with E-state index in [1.54, 1.807) is 6.20 Å². The summed E-state index contributed by atoms with van der Waals surface area (Å²) < 4.78 is 7.32. The minimum atomic E-state index is 0.508. The van der Waals surface area contributed by atoms with Crippen molar-refractivity contribution in [3.05, 3.63) is 41.9 Å². The van der Waals surface area contributed by atoms with Crippen molar-refractivity contribution in [3.63, 3.8) is 0 Å². The molecule has 2 rings (SSSR count). The molecule has 0 aliphatic carbocycles. The van der Waals surface area contributed by atoms with Crippen molar-refractivity contribution >= 4 is 11.3 Å². The maximum absolute atomic E-state index is 7.32. The summed E-state index contributed by atoms with van der Waals surface area (Å²) in [4.78, 5) is 4.12. The van der Waals surface area contributed by atoms with E-state index in [-0.39, 0.29) is 0 Å². The van der Waals surface area contributed by atoms with E-state index in [9.17, 15) is 0 Å². The summed E-state index contributed by atoms with van der Waals surface area (Å²) >= 11 is 1.40. The molecule has 0 spiro atoms. The molecule has 2 aromatic rings. The van der Waals surface area contributed by atoms with Crippen LogP contribution in [0.15, 0.2) is 41.9 Å². The number of aromatic nitrogens is 1. The molecule has 0 aliphatic rings. The first-order valence-corrected chi connectivity index (χ1v) is 4.16. The number of rotatable bonds is 1. The lowest BCUT2D eigenvalue weighted by atomic mass is 10.2. The highest BCUT2D eigenvalue weighted by Crippen LogP contribution is 2.20. The Morgan fingerprint density at radius 2 is 2.09 bits per heavy atom. The van der Waals surface area contributed by atoms with Crippen LogP contribution < -0.4 is 0 Å². The second-order valence-electron chi connectivity index (χ2n) is 2.15. The summed E-state index contributed by atoms with van der Waals surface area (Å²) in [6, 6.07) is 9.91. The van der Waals surface area contributed by atoms with Crippen LogP contribution >= 0.6 is 11.3 Å². The largest absolute Gasteiger partial charge is 0.245 e. The Balaban J connectivity index is 2.45. The van der Waals surface area contributed by atoms with Crippen molar-refractivity contribution < 1.29 is 1.37 Å². The monoisotopic (exact) mass is 162 g/mol. The Morgan fingerprint density at radius 3 is 2.73 bits per heavy atom. The van der Waals surface area contributed by atoms with Crippen molar-refractivity contribution in [1.29, 1.82) is 0 Å². The maximum Gasteiger partial charge on any atom is 0.123 e. The summed E-state index contributed by atoms with van der Waals surface area (Å²) in [5.41, 5.74) is 1.08. The molecule has 0 aliphatic heterocycles. The van der Waals surface area contributed by atoms with Gasteiger partial charge in [-0.25, -0.2) is 4.98 Å². The highest BCUT2D eigenvalue weighted by atomic mass is 32.1. The van der Waals surface area contributed by atoms with Gasteiger partial charge in [-0.3, -0.25) is 0 Å². The third-order valence-corrected chi connectivity index (χ3v) is 2.17. The number of thiazole rings is 1. The summed E-state index contributed by atoms with van der Waals surface area (Å²) in [7, 11) is 0. The SMILES string of the molecule is [2H]c1cnc(-c2ccccc2)s1. The zero-order valence-electron chi connectivity index (χ0n) is 6.82. The molecule has 0 fully saturated rings. The summed E-state index contributed by atoms with van der Waals surface area (Å²) in [6.45, 7) is 0. The first-order valence-electron chi connectivity index (χ1n) is 3.84. The third kappa shape index (κ3) is 1.30. The molecule has 54 valence electrons. The van der Waals surface area contributed by atoms with E-state index in [0.717, 1.165) is 10.6 Å². The van der Waals surface area contributed by atoms with Gasteiger partial charge < -0.3 is 0 Å². The molecule has 0 amide bonds. The molecule has 1 nitrogen and oxygen atoms in total.